The SMILES string of the molecule is C=C1CC(C(=O)O)CC1(C(=O)O)S(C)(=O)=O. The zero-order chi connectivity index (χ0) is 12.7. The van der Waals surface area contributed by atoms with Gasteiger partial charge in [0, 0.05) is 6.26 Å². The zero-order valence-electron chi connectivity index (χ0n) is 8.63. The predicted molar refractivity (Wildman–Crippen MR) is 54.7 cm³/mol. The van der Waals surface area contributed by atoms with E-state index in [1.165, 1.54) is 0 Å². The summed E-state index contributed by atoms with van der Waals surface area (Å²) in [6, 6.07) is 0. The third-order valence-corrected chi connectivity index (χ3v) is 4.82. The number of carboxylic acids is 2. The summed E-state index contributed by atoms with van der Waals surface area (Å²) in [7, 11) is -3.94. The molecule has 1 saturated carbocycles. The molecule has 7 heteroatoms. The maximum atomic E-state index is 11.5. The van der Waals surface area contributed by atoms with Crippen molar-refractivity contribution in [2.75, 3.05) is 6.26 Å². The van der Waals surface area contributed by atoms with Gasteiger partial charge in [-0.25, -0.2) is 8.42 Å². The minimum Gasteiger partial charge on any atom is -0.481 e. The fourth-order valence-corrected chi connectivity index (χ4v) is 3.44. The lowest BCUT2D eigenvalue weighted by molar-refractivity contribution is -0.142. The zero-order valence-corrected chi connectivity index (χ0v) is 9.45. The van der Waals surface area contributed by atoms with Crippen molar-refractivity contribution in [1.29, 1.82) is 0 Å². The Bertz CT molecular complexity index is 462. The van der Waals surface area contributed by atoms with Gasteiger partial charge in [-0.15, -0.1) is 0 Å². The first kappa shape index (κ1) is 12.7. The Morgan fingerprint density at radius 1 is 1.44 bits per heavy atom. The van der Waals surface area contributed by atoms with Crippen LogP contribution in [-0.4, -0.2) is 41.6 Å². The van der Waals surface area contributed by atoms with Gasteiger partial charge in [0.15, 0.2) is 14.6 Å². The van der Waals surface area contributed by atoms with Crippen LogP contribution >= 0.6 is 0 Å². The summed E-state index contributed by atoms with van der Waals surface area (Å²) in [6.07, 6.45) is 0.223. The van der Waals surface area contributed by atoms with Crippen molar-refractivity contribution in [1.82, 2.24) is 0 Å². The highest BCUT2D eigenvalue weighted by Gasteiger charge is 2.57. The Kier molecular flexibility index (Phi) is 2.84. The average Bonchev–Trinajstić information content (AvgIpc) is 2.42. The Hall–Kier alpha value is -1.37. The highest BCUT2D eigenvalue weighted by molar-refractivity contribution is 7.93. The fraction of sp³-hybridized carbons (Fsp3) is 0.556. The number of carbonyl (C=O) groups is 2. The highest BCUT2D eigenvalue weighted by atomic mass is 32.2. The van der Waals surface area contributed by atoms with Crippen LogP contribution in [0.2, 0.25) is 0 Å². The fourth-order valence-electron chi connectivity index (χ4n) is 2.01. The van der Waals surface area contributed by atoms with Gasteiger partial charge in [-0.1, -0.05) is 6.58 Å². The number of sulfone groups is 1. The largest absolute Gasteiger partial charge is 0.481 e. The van der Waals surface area contributed by atoms with Gasteiger partial charge in [0.2, 0.25) is 0 Å². The van der Waals surface area contributed by atoms with E-state index in [4.69, 9.17) is 10.2 Å². The first-order valence-electron chi connectivity index (χ1n) is 4.47. The van der Waals surface area contributed by atoms with Crippen LogP contribution in [-0.2, 0) is 19.4 Å². The van der Waals surface area contributed by atoms with E-state index in [0.717, 1.165) is 6.26 Å². The van der Waals surface area contributed by atoms with Crippen LogP contribution in [0, 0.1) is 5.92 Å². The maximum absolute atomic E-state index is 11.5. The van der Waals surface area contributed by atoms with Crippen LogP contribution in [0.4, 0.5) is 0 Å². The minimum absolute atomic E-state index is 0.0603. The molecule has 16 heavy (non-hydrogen) atoms. The van der Waals surface area contributed by atoms with Crippen molar-refractivity contribution in [3.8, 4) is 0 Å². The third-order valence-electron chi connectivity index (χ3n) is 2.93. The van der Waals surface area contributed by atoms with Crippen LogP contribution < -0.4 is 0 Å². The van der Waals surface area contributed by atoms with Crippen LogP contribution in [0.15, 0.2) is 12.2 Å². The lowest BCUT2D eigenvalue weighted by Crippen LogP contribution is -2.45. The number of hydrogen-bond acceptors (Lipinski definition) is 4. The van der Waals surface area contributed by atoms with E-state index < -0.39 is 38.9 Å². The Labute approximate surface area is 92.5 Å². The molecule has 0 aromatic carbocycles. The Morgan fingerprint density at radius 2 is 1.94 bits per heavy atom. The summed E-state index contributed by atoms with van der Waals surface area (Å²) in [4.78, 5) is 21.9. The molecule has 1 aliphatic rings. The highest BCUT2D eigenvalue weighted by Crippen LogP contribution is 2.44. The topological polar surface area (TPSA) is 109 Å². The van der Waals surface area contributed by atoms with Crippen molar-refractivity contribution in [2.45, 2.75) is 17.6 Å². The van der Waals surface area contributed by atoms with E-state index >= 15 is 0 Å². The second kappa shape index (κ2) is 3.58. The molecule has 0 aromatic rings. The van der Waals surface area contributed by atoms with Crippen molar-refractivity contribution < 1.29 is 28.2 Å². The summed E-state index contributed by atoms with van der Waals surface area (Å²) in [5.41, 5.74) is -0.0603. The molecule has 0 spiro atoms. The standard InChI is InChI=1S/C9H12O6S/c1-5-3-6(7(10)11)4-9(5,8(12)13)16(2,14)15/h6H,1,3-4H2,2H3,(H,10,11)(H,12,13). The molecule has 90 valence electrons. The molecule has 1 aliphatic carbocycles. The molecule has 2 N–H and O–H groups in total. The normalized spacial score (nSPS) is 30.3. The van der Waals surface area contributed by atoms with E-state index in [0.29, 0.717) is 0 Å². The second-order valence-corrected chi connectivity index (χ2v) is 6.19. The Morgan fingerprint density at radius 3 is 2.12 bits per heavy atom. The number of rotatable bonds is 3. The lowest BCUT2D eigenvalue weighted by Gasteiger charge is -2.23. The summed E-state index contributed by atoms with van der Waals surface area (Å²) < 4.78 is 20.9. The van der Waals surface area contributed by atoms with E-state index in [1.54, 1.807) is 0 Å². The smallest absolute Gasteiger partial charge is 0.329 e. The van der Waals surface area contributed by atoms with Crippen LogP contribution in [0.1, 0.15) is 12.8 Å². The first-order chi connectivity index (χ1) is 7.13. The van der Waals surface area contributed by atoms with Crippen LogP contribution in [0.5, 0.6) is 0 Å². The molecule has 0 aliphatic heterocycles. The van der Waals surface area contributed by atoms with Crippen molar-refractivity contribution >= 4 is 21.8 Å². The third kappa shape index (κ3) is 1.60. The molecule has 0 aromatic heterocycles. The van der Waals surface area contributed by atoms with Gasteiger partial charge < -0.3 is 10.2 Å². The second-order valence-electron chi connectivity index (χ2n) is 3.95. The Balaban J connectivity index is 3.32. The van der Waals surface area contributed by atoms with E-state index in [1.807, 2.05) is 0 Å². The van der Waals surface area contributed by atoms with E-state index in [-0.39, 0.29) is 12.0 Å². The predicted octanol–water partition coefficient (Wildman–Crippen LogP) is -0.0948. The molecule has 6 nitrogen and oxygen atoms in total. The molecule has 1 fully saturated rings. The van der Waals surface area contributed by atoms with Gasteiger partial charge >= 0.3 is 11.9 Å². The average molecular weight is 248 g/mol. The minimum atomic E-state index is -3.94. The van der Waals surface area contributed by atoms with Gasteiger partial charge in [0.1, 0.15) is 0 Å². The number of carboxylic acid groups (broad SMARTS) is 2. The summed E-state index contributed by atoms with van der Waals surface area (Å²) in [5, 5.41) is 17.8. The van der Waals surface area contributed by atoms with Crippen LogP contribution in [0.25, 0.3) is 0 Å². The number of aliphatic carboxylic acids is 2. The van der Waals surface area contributed by atoms with E-state index in [2.05, 4.69) is 6.58 Å². The van der Waals surface area contributed by atoms with Gasteiger partial charge in [-0.2, -0.15) is 0 Å². The molecule has 0 saturated heterocycles. The molecular weight excluding hydrogens is 236 g/mol. The molecule has 2 atom stereocenters. The lowest BCUT2D eigenvalue weighted by atomic mass is 10.0. The summed E-state index contributed by atoms with van der Waals surface area (Å²) >= 11 is 0. The molecule has 0 amide bonds. The van der Waals surface area contributed by atoms with Crippen molar-refractivity contribution in [2.24, 2.45) is 5.92 Å². The van der Waals surface area contributed by atoms with Gasteiger partial charge in [0.05, 0.1) is 5.92 Å². The van der Waals surface area contributed by atoms with Gasteiger partial charge in [0.25, 0.3) is 0 Å². The first-order valence-corrected chi connectivity index (χ1v) is 6.36. The summed E-state index contributed by atoms with van der Waals surface area (Å²) in [5.74, 6) is -3.75. The van der Waals surface area contributed by atoms with Gasteiger partial charge in [-0.05, 0) is 18.4 Å². The molecule has 1 rings (SSSR count). The van der Waals surface area contributed by atoms with Crippen LogP contribution in [0.3, 0.4) is 0 Å². The molecular formula is C9H12O6S. The summed E-state index contributed by atoms with van der Waals surface area (Å²) in [6.45, 7) is 3.40. The molecule has 0 radical (unpaired) electrons. The van der Waals surface area contributed by atoms with Gasteiger partial charge in [-0.3, -0.25) is 9.59 Å². The monoisotopic (exact) mass is 248 g/mol. The molecule has 0 bridgehead atoms. The van der Waals surface area contributed by atoms with Crippen molar-refractivity contribution in [3.63, 3.8) is 0 Å². The van der Waals surface area contributed by atoms with E-state index in [9.17, 15) is 18.0 Å². The quantitative estimate of drug-likeness (QED) is 0.675. The maximum Gasteiger partial charge on any atom is 0.329 e. The molecule has 2 unspecified atom stereocenters. The molecule has 0 heterocycles. The van der Waals surface area contributed by atoms with Crippen molar-refractivity contribution in [3.05, 3.63) is 12.2 Å². The number of hydrogen-bond donors (Lipinski definition) is 2.